The van der Waals surface area contributed by atoms with Crippen LogP contribution in [0.15, 0.2) is 18.2 Å². The molecule has 1 heterocycles. The van der Waals surface area contributed by atoms with Gasteiger partial charge in [-0.25, -0.2) is 9.78 Å². The first-order valence-corrected chi connectivity index (χ1v) is 7.24. The maximum atomic E-state index is 11.2. The summed E-state index contributed by atoms with van der Waals surface area (Å²) in [4.78, 5) is 15.8. The molecule has 5 heteroatoms. The minimum atomic E-state index is -0.924. The predicted octanol–water partition coefficient (Wildman–Crippen LogP) is 3.11. The molecule has 1 aromatic heterocycles. The third kappa shape index (κ3) is 3.24. The Labute approximate surface area is 124 Å². The van der Waals surface area contributed by atoms with Crippen molar-refractivity contribution in [3.05, 3.63) is 29.6 Å². The first-order valence-electron chi connectivity index (χ1n) is 7.24. The van der Waals surface area contributed by atoms with Crippen molar-refractivity contribution >= 4 is 17.0 Å². The fourth-order valence-corrected chi connectivity index (χ4v) is 2.57. The third-order valence-electron chi connectivity index (χ3n) is 3.46. The van der Waals surface area contributed by atoms with Crippen LogP contribution in [-0.2, 0) is 17.7 Å². The molecule has 0 radical (unpaired) electrons. The number of fused-ring (bicyclic) bond motifs is 1. The van der Waals surface area contributed by atoms with Crippen molar-refractivity contribution in [2.45, 2.75) is 46.3 Å². The summed E-state index contributed by atoms with van der Waals surface area (Å²) < 4.78 is 7.83. The van der Waals surface area contributed by atoms with E-state index >= 15 is 0 Å². The van der Waals surface area contributed by atoms with Crippen molar-refractivity contribution in [3.63, 3.8) is 0 Å². The Morgan fingerprint density at radius 2 is 2.10 bits per heavy atom. The molecule has 0 saturated heterocycles. The highest BCUT2D eigenvalue weighted by Crippen LogP contribution is 2.22. The second-order valence-corrected chi connectivity index (χ2v) is 5.67. The van der Waals surface area contributed by atoms with Crippen LogP contribution in [-0.4, -0.2) is 32.8 Å². The highest BCUT2D eigenvalue weighted by atomic mass is 16.5. The minimum absolute atomic E-state index is 0.278. The fourth-order valence-electron chi connectivity index (χ4n) is 2.57. The molecule has 1 aromatic carbocycles. The standard InChI is InChI=1S/C16H22N2O3/c1-5-14-17-12-8-7-11(15(19)20)9-13(12)18(14)10-16(3,4)21-6-2/h7-9H,5-6,10H2,1-4H3,(H,19,20). The van der Waals surface area contributed by atoms with Crippen LogP contribution < -0.4 is 0 Å². The predicted molar refractivity (Wildman–Crippen MR) is 81.8 cm³/mol. The van der Waals surface area contributed by atoms with Crippen molar-refractivity contribution in [2.75, 3.05) is 6.61 Å². The topological polar surface area (TPSA) is 64.4 Å². The lowest BCUT2D eigenvalue weighted by molar-refractivity contribution is -0.0221. The van der Waals surface area contributed by atoms with E-state index in [2.05, 4.69) is 9.55 Å². The van der Waals surface area contributed by atoms with Gasteiger partial charge in [-0.15, -0.1) is 0 Å². The highest BCUT2D eigenvalue weighted by Gasteiger charge is 2.22. The summed E-state index contributed by atoms with van der Waals surface area (Å²) in [6, 6.07) is 5.04. The number of carboxylic acids is 1. The van der Waals surface area contributed by atoms with Crippen LogP contribution in [0, 0.1) is 0 Å². The summed E-state index contributed by atoms with van der Waals surface area (Å²) in [7, 11) is 0. The number of carbonyl (C=O) groups is 1. The van der Waals surface area contributed by atoms with Gasteiger partial charge in [-0.05, 0) is 39.0 Å². The van der Waals surface area contributed by atoms with Gasteiger partial charge in [-0.2, -0.15) is 0 Å². The molecule has 114 valence electrons. The van der Waals surface area contributed by atoms with E-state index in [1.54, 1.807) is 18.2 Å². The van der Waals surface area contributed by atoms with E-state index in [9.17, 15) is 4.79 Å². The summed E-state index contributed by atoms with van der Waals surface area (Å²) >= 11 is 0. The van der Waals surface area contributed by atoms with Gasteiger partial charge in [0.1, 0.15) is 5.82 Å². The van der Waals surface area contributed by atoms with Gasteiger partial charge in [-0.1, -0.05) is 6.92 Å². The maximum Gasteiger partial charge on any atom is 0.335 e. The molecule has 0 atom stereocenters. The molecule has 0 unspecified atom stereocenters. The van der Waals surface area contributed by atoms with E-state index in [-0.39, 0.29) is 11.2 Å². The average Bonchev–Trinajstić information content (AvgIpc) is 2.75. The molecular formula is C16H22N2O3. The third-order valence-corrected chi connectivity index (χ3v) is 3.46. The molecule has 0 fully saturated rings. The number of imidazole rings is 1. The number of hydrogen-bond donors (Lipinski definition) is 1. The van der Waals surface area contributed by atoms with E-state index in [4.69, 9.17) is 9.84 Å². The number of rotatable bonds is 6. The Morgan fingerprint density at radius 3 is 2.67 bits per heavy atom. The molecule has 21 heavy (non-hydrogen) atoms. The van der Waals surface area contributed by atoms with Crippen LogP contribution in [0.5, 0.6) is 0 Å². The summed E-state index contributed by atoms with van der Waals surface area (Å²) in [5.41, 5.74) is 1.62. The van der Waals surface area contributed by atoms with Gasteiger partial charge in [0, 0.05) is 13.0 Å². The number of hydrogen-bond acceptors (Lipinski definition) is 3. The lowest BCUT2D eigenvalue weighted by Gasteiger charge is -2.26. The van der Waals surface area contributed by atoms with Gasteiger partial charge in [0.15, 0.2) is 0 Å². The summed E-state index contributed by atoms with van der Waals surface area (Å²) in [5.74, 6) is 0.0204. The SMILES string of the molecule is CCOC(C)(C)Cn1c(CC)nc2ccc(C(=O)O)cc21. The van der Waals surface area contributed by atoms with E-state index in [1.165, 1.54) is 0 Å². The van der Waals surface area contributed by atoms with E-state index in [0.29, 0.717) is 13.2 Å². The Bertz CT molecular complexity index is 659. The van der Waals surface area contributed by atoms with Gasteiger partial charge >= 0.3 is 5.97 Å². The van der Waals surface area contributed by atoms with Crippen molar-refractivity contribution in [1.29, 1.82) is 0 Å². The maximum absolute atomic E-state index is 11.2. The molecule has 2 rings (SSSR count). The average molecular weight is 290 g/mol. The molecule has 5 nitrogen and oxygen atoms in total. The van der Waals surface area contributed by atoms with Crippen molar-refractivity contribution in [3.8, 4) is 0 Å². The van der Waals surface area contributed by atoms with Crippen LogP contribution in [0.2, 0.25) is 0 Å². The number of nitrogens with zero attached hydrogens (tertiary/aromatic N) is 2. The van der Waals surface area contributed by atoms with Gasteiger partial charge in [-0.3, -0.25) is 0 Å². The van der Waals surface area contributed by atoms with Gasteiger partial charge in [0.05, 0.1) is 28.7 Å². The normalized spacial score (nSPS) is 12.0. The molecule has 0 aliphatic rings. The van der Waals surface area contributed by atoms with Crippen LogP contribution in [0.3, 0.4) is 0 Å². The quantitative estimate of drug-likeness (QED) is 0.887. The highest BCUT2D eigenvalue weighted by molar-refractivity contribution is 5.92. The van der Waals surface area contributed by atoms with Crippen LogP contribution in [0.4, 0.5) is 0 Å². The molecule has 0 amide bonds. The second-order valence-electron chi connectivity index (χ2n) is 5.67. The van der Waals surface area contributed by atoms with Crippen molar-refractivity contribution in [2.24, 2.45) is 0 Å². The zero-order valence-corrected chi connectivity index (χ0v) is 13.0. The van der Waals surface area contributed by atoms with E-state index < -0.39 is 5.97 Å². The Balaban J connectivity index is 2.53. The number of aromatic nitrogens is 2. The summed E-state index contributed by atoms with van der Waals surface area (Å²) in [6.07, 6.45) is 0.791. The van der Waals surface area contributed by atoms with Crippen LogP contribution in [0.1, 0.15) is 43.9 Å². The molecule has 1 N–H and O–H groups in total. The van der Waals surface area contributed by atoms with Crippen LogP contribution in [0.25, 0.3) is 11.0 Å². The summed E-state index contributed by atoms with van der Waals surface area (Å²) in [6.45, 7) is 9.36. The van der Waals surface area contributed by atoms with Crippen molar-refractivity contribution in [1.82, 2.24) is 9.55 Å². The van der Waals surface area contributed by atoms with Crippen LogP contribution >= 0.6 is 0 Å². The number of ether oxygens (including phenoxy) is 1. The molecule has 0 spiro atoms. The second kappa shape index (κ2) is 5.85. The minimum Gasteiger partial charge on any atom is -0.478 e. The molecule has 0 aliphatic carbocycles. The first-order chi connectivity index (χ1) is 9.88. The first kappa shape index (κ1) is 15.5. The Hall–Kier alpha value is -1.88. The fraction of sp³-hybridized carbons (Fsp3) is 0.500. The molecule has 0 bridgehead atoms. The largest absolute Gasteiger partial charge is 0.478 e. The number of aromatic carboxylic acids is 1. The smallest absolute Gasteiger partial charge is 0.335 e. The zero-order chi connectivity index (χ0) is 15.6. The van der Waals surface area contributed by atoms with Gasteiger partial charge in [0.2, 0.25) is 0 Å². The van der Waals surface area contributed by atoms with Gasteiger partial charge in [0.25, 0.3) is 0 Å². The van der Waals surface area contributed by atoms with E-state index in [0.717, 1.165) is 23.3 Å². The zero-order valence-electron chi connectivity index (χ0n) is 13.0. The molecule has 0 saturated carbocycles. The number of aryl methyl sites for hydroxylation is 1. The number of benzene rings is 1. The molecule has 2 aromatic rings. The lowest BCUT2D eigenvalue weighted by Crippen LogP contribution is -2.31. The van der Waals surface area contributed by atoms with E-state index in [1.807, 2.05) is 27.7 Å². The lowest BCUT2D eigenvalue weighted by atomic mass is 10.1. The molecular weight excluding hydrogens is 268 g/mol. The summed E-state index contributed by atoms with van der Waals surface area (Å²) in [5, 5.41) is 9.16. The molecule has 0 aliphatic heterocycles. The number of carboxylic acid groups (broad SMARTS) is 1. The van der Waals surface area contributed by atoms with Gasteiger partial charge < -0.3 is 14.4 Å². The Kier molecular flexibility index (Phi) is 4.32. The Morgan fingerprint density at radius 1 is 1.38 bits per heavy atom. The van der Waals surface area contributed by atoms with Crippen molar-refractivity contribution < 1.29 is 14.6 Å². The monoisotopic (exact) mass is 290 g/mol.